The Bertz CT molecular complexity index is 860. The molecule has 3 rings (SSSR count). The SMILES string of the molecule is CC(=O)N1CCN(C(=O)CCC(=O)Nc2nc(-c3ccc(Cl)cc3)cs2)CC1. The number of aromatic nitrogens is 1. The summed E-state index contributed by atoms with van der Waals surface area (Å²) >= 11 is 7.22. The average Bonchev–Trinajstić information content (AvgIpc) is 3.15. The molecule has 148 valence electrons. The van der Waals surface area contributed by atoms with E-state index >= 15 is 0 Å². The summed E-state index contributed by atoms with van der Waals surface area (Å²) in [6, 6.07) is 7.31. The molecule has 0 bridgehead atoms. The van der Waals surface area contributed by atoms with Gasteiger partial charge in [0, 0.05) is 61.9 Å². The predicted octanol–water partition coefficient (Wildman–Crippen LogP) is 2.87. The highest BCUT2D eigenvalue weighted by molar-refractivity contribution is 7.14. The number of benzene rings is 1. The van der Waals surface area contributed by atoms with Crippen molar-refractivity contribution in [3.05, 3.63) is 34.7 Å². The van der Waals surface area contributed by atoms with Crippen molar-refractivity contribution in [2.75, 3.05) is 31.5 Å². The van der Waals surface area contributed by atoms with E-state index in [2.05, 4.69) is 10.3 Å². The second-order valence-electron chi connectivity index (χ2n) is 6.48. The molecule has 2 heterocycles. The third-order valence-electron chi connectivity index (χ3n) is 4.53. The van der Waals surface area contributed by atoms with Gasteiger partial charge in [0.15, 0.2) is 5.13 Å². The molecule has 0 saturated carbocycles. The van der Waals surface area contributed by atoms with Crippen molar-refractivity contribution >= 4 is 45.8 Å². The molecule has 0 aliphatic carbocycles. The van der Waals surface area contributed by atoms with Gasteiger partial charge in [0.25, 0.3) is 0 Å². The van der Waals surface area contributed by atoms with Crippen LogP contribution >= 0.6 is 22.9 Å². The van der Waals surface area contributed by atoms with Gasteiger partial charge in [-0.2, -0.15) is 0 Å². The molecule has 1 aliphatic rings. The fraction of sp³-hybridized carbons (Fsp3) is 0.368. The van der Waals surface area contributed by atoms with Crippen molar-refractivity contribution in [3.63, 3.8) is 0 Å². The van der Waals surface area contributed by atoms with Crippen LogP contribution in [0.4, 0.5) is 5.13 Å². The van der Waals surface area contributed by atoms with Crippen molar-refractivity contribution in [2.24, 2.45) is 0 Å². The standard InChI is InChI=1S/C19H21ClN4O3S/c1-13(25)23-8-10-24(11-9-23)18(27)7-6-17(26)22-19-21-16(12-28-19)14-2-4-15(20)5-3-14/h2-5,12H,6-11H2,1H3,(H,21,22,26). The van der Waals surface area contributed by atoms with Crippen LogP contribution in [0.2, 0.25) is 5.02 Å². The Kier molecular flexibility index (Phi) is 6.64. The number of carbonyl (C=O) groups excluding carboxylic acids is 3. The Labute approximate surface area is 172 Å². The number of halogens is 1. The number of hydrogen-bond acceptors (Lipinski definition) is 5. The molecule has 0 atom stereocenters. The molecule has 2 aromatic rings. The quantitative estimate of drug-likeness (QED) is 0.806. The van der Waals surface area contributed by atoms with Crippen LogP contribution in [0.3, 0.4) is 0 Å². The Balaban J connectivity index is 1.45. The average molecular weight is 421 g/mol. The highest BCUT2D eigenvalue weighted by atomic mass is 35.5. The van der Waals surface area contributed by atoms with Crippen LogP contribution in [0.25, 0.3) is 11.3 Å². The van der Waals surface area contributed by atoms with Gasteiger partial charge in [-0.3, -0.25) is 14.4 Å². The van der Waals surface area contributed by atoms with E-state index in [-0.39, 0.29) is 30.6 Å². The van der Waals surface area contributed by atoms with Gasteiger partial charge in [-0.1, -0.05) is 23.7 Å². The molecule has 1 saturated heterocycles. The fourth-order valence-corrected chi connectivity index (χ4v) is 3.78. The second-order valence-corrected chi connectivity index (χ2v) is 7.77. The third kappa shape index (κ3) is 5.30. The lowest BCUT2D eigenvalue weighted by Gasteiger charge is -2.34. The lowest BCUT2D eigenvalue weighted by atomic mass is 10.2. The zero-order valence-corrected chi connectivity index (χ0v) is 17.1. The molecule has 0 spiro atoms. The van der Waals surface area contributed by atoms with Gasteiger partial charge in [-0.05, 0) is 12.1 Å². The van der Waals surface area contributed by atoms with E-state index in [0.717, 1.165) is 11.3 Å². The first kappa shape index (κ1) is 20.3. The Morgan fingerprint density at radius 1 is 1.07 bits per heavy atom. The van der Waals surface area contributed by atoms with Crippen LogP contribution < -0.4 is 5.32 Å². The smallest absolute Gasteiger partial charge is 0.226 e. The fourth-order valence-electron chi connectivity index (χ4n) is 2.92. The second kappa shape index (κ2) is 9.16. The summed E-state index contributed by atoms with van der Waals surface area (Å²) < 4.78 is 0. The van der Waals surface area contributed by atoms with E-state index in [1.54, 1.807) is 21.9 Å². The van der Waals surface area contributed by atoms with Gasteiger partial charge in [-0.15, -0.1) is 11.3 Å². The zero-order chi connectivity index (χ0) is 20.1. The number of rotatable bonds is 5. The van der Waals surface area contributed by atoms with Gasteiger partial charge < -0.3 is 15.1 Å². The van der Waals surface area contributed by atoms with Crippen molar-refractivity contribution in [1.29, 1.82) is 0 Å². The van der Waals surface area contributed by atoms with Gasteiger partial charge in [-0.25, -0.2) is 4.98 Å². The molecular weight excluding hydrogens is 400 g/mol. The first-order valence-electron chi connectivity index (χ1n) is 8.97. The predicted molar refractivity (Wildman–Crippen MR) is 109 cm³/mol. The monoisotopic (exact) mass is 420 g/mol. The highest BCUT2D eigenvalue weighted by Crippen LogP contribution is 2.26. The number of piperazine rings is 1. The number of anilines is 1. The van der Waals surface area contributed by atoms with Crippen LogP contribution in [0.5, 0.6) is 0 Å². The number of nitrogens with zero attached hydrogens (tertiary/aromatic N) is 3. The van der Waals surface area contributed by atoms with Crippen molar-refractivity contribution in [2.45, 2.75) is 19.8 Å². The van der Waals surface area contributed by atoms with Crippen LogP contribution in [0.15, 0.2) is 29.6 Å². The number of carbonyl (C=O) groups is 3. The summed E-state index contributed by atoms with van der Waals surface area (Å²) in [5.41, 5.74) is 1.68. The molecular formula is C19H21ClN4O3S. The largest absolute Gasteiger partial charge is 0.339 e. The molecule has 28 heavy (non-hydrogen) atoms. The van der Waals surface area contributed by atoms with E-state index in [1.807, 2.05) is 17.5 Å². The normalized spacial score (nSPS) is 14.1. The Hall–Kier alpha value is -2.45. The molecule has 1 aliphatic heterocycles. The lowest BCUT2D eigenvalue weighted by Crippen LogP contribution is -2.50. The molecule has 0 radical (unpaired) electrons. The number of nitrogens with one attached hydrogen (secondary N) is 1. The zero-order valence-electron chi connectivity index (χ0n) is 15.5. The van der Waals surface area contributed by atoms with Gasteiger partial charge in [0.1, 0.15) is 0 Å². The Morgan fingerprint density at radius 2 is 1.71 bits per heavy atom. The number of hydrogen-bond donors (Lipinski definition) is 1. The van der Waals surface area contributed by atoms with E-state index in [1.165, 1.54) is 18.3 Å². The van der Waals surface area contributed by atoms with Gasteiger partial charge in [0.2, 0.25) is 17.7 Å². The minimum Gasteiger partial charge on any atom is -0.339 e. The summed E-state index contributed by atoms with van der Waals surface area (Å²) in [6.07, 6.45) is 0.239. The van der Waals surface area contributed by atoms with Crippen molar-refractivity contribution in [1.82, 2.24) is 14.8 Å². The highest BCUT2D eigenvalue weighted by Gasteiger charge is 2.22. The minimum absolute atomic E-state index is 0.0212. The molecule has 0 unspecified atom stereocenters. The molecule has 1 N–H and O–H groups in total. The van der Waals surface area contributed by atoms with Crippen molar-refractivity contribution < 1.29 is 14.4 Å². The van der Waals surface area contributed by atoms with Crippen LogP contribution in [0, 0.1) is 0 Å². The topological polar surface area (TPSA) is 82.6 Å². The van der Waals surface area contributed by atoms with Crippen LogP contribution in [-0.4, -0.2) is 58.7 Å². The Morgan fingerprint density at radius 3 is 2.36 bits per heavy atom. The maximum atomic E-state index is 12.3. The van der Waals surface area contributed by atoms with E-state index in [4.69, 9.17) is 11.6 Å². The maximum absolute atomic E-state index is 12.3. The summed E-state index contributed by atoms with van der Waals surface area (Å²) in [4.78, 5) is 43.6. The van der Waals surface area contributed by atoms with Crippen molar-refractivity contribution in [3.8, 4) is 11.3 Å². The number of thiazole rings is 1. The third-order valence-corrected chi connectivity index (χ3v) is 5.54. The molecule has 1 fully saturated rings. The molecule has 1 aromatic carbocycles. The summed E-state index contributed by atoms with van der Waals surface area (Å²) in [6.45, 7) is 3.63. The molecule has 1 aromatic heterocycles. The minimum atomic E-state index is -0.243. The maximum Gasteiger partial charge on any atom is 0.226 e. The summed E-state index contributed by atoms with van der Waals surface area (Å²) in [5.74, 6) is -0.292. The summed E-state index contributed by atoms with van der Waals surface area (Å²) in [7, 11) is 0. The van der Waals surface area contributed by atoms with E-state index < -0.39 is 0 Å². The molecule has 3 amide bonds. The number of amides is 3. The van der Waals surface area contributed by atoms with E-state index in [9.17, 15) is 14.4 Å². The van der Waals surface area contributed by atoms with Crippen LogP contribution in [-0.2, 0) is 14.4 Å². The first-order valence-corrected chi connectivity index (χ1v) is 10.2. The molecule has 9 heteroatoms. The lowest BCUT2D eigenvalue weighted by molar-refractivity contribution is -0.138. The van der Waals surface area contributed by atoms with Gasteiger partial charge in [0.05, 0.1) is 5.69 Å². The molecule has 7 nitrogen and oxygen atoms in total. The van der Waals surface area contributed by atoms with Crippen LogP contribution in [0.1, 0.15) is 19.8 Å². The first-order chi connectivity index (χ1) is 13.4. The van der Waals surface area contributed by atoms with Gasteiger partial charge >= 0.3 is 0 Å². The summed E-state index contributed by atoms with van der Waals surface area (Å²) in [5, 5.41) is 5.75. The van der Waals surface area contributed by atoms with E-state index in [0.29, 0.717) is 36.3 Å².